The Labute approximate surface area is 177 Å². The zero-order chi connectivity index (χ0) is 20.8. The summed E-state index contributed by atoms with van der Waals surface area (Å²) in [5.41, 5.74) is 3.81. The Hall–Kier alpha value is -3.15. The van der Waals surface area contributed by atoms with Gasteiger partial charge in [0.25, 0.3) is 0 Å². The third-order valence-corrected chi connectivity index (χ3v) is 5.18. The van der Waals surface area contributed by atoms with Gasteiger partial charge in [0, 0.05) is 48.7 Å². The van der Waals surface area contributed by atoms with Crippen LogP contribution in [-0.4, -0.2) is 34.7 Å². The van der Waals surface area contributed by atoms with Crippen LogP contribution in [0.5, 0.6) is 11.5 Å². The van der Waals surface area contributed by atoms with E-state index in [0.717, 1.165) is 53.4 Å². The van der Waals surface area contributed by atoms with Crippen molar-refractivity contribution in [3.8, 4) is 11.5 Å². The van der Waals surface area contributed by atoms with Crippen LogP contribution in [0.4, 0.5) is 0 Å². The number of pyridine rings is 1. The van der Waals surface area contributed by atoms with E-state index in [9.17, 15) is 5.11 Å². The molecule has 1 aliphatic rings. The van der Waals surface area contributed by atoms with E-state index < -0.39 is 6.10 Å². The smallest absolute Gasteiger partial charge is 0.124 e. The lowest BCUT2D eigenvalue weighted by molar-refractivity contribution is 0.216. The molecule has 2 aromatic carbocycles. The molecule has 0 amide bonds. The number of rotatable bonds is 7. The van der Waals surface area contributed by atoms with Crippen molar-refractivity contribution >= 4 is 0 Å². The Morgan fingerprint density at radius 2 is 2.07 bits per heavy atom. The SMILES string of the molecule is C=CCOc1ccccc1CN1CCOc2ccc([C@H](O)c3cccnc3)cc2C1. The normalized spacial score (nSPS) is 14.8. The highest BCUT2D eigenvalue weighted by Gasteiger charge is 2.19. The first-order valence-corrected chi connectivity index (χ1v) is 10.1. The van der Waals surface area contributed by atoms with Crippen molar-refractivity contribution in [2.24, 2.45) is 0 Å². The standard InChI is InChI=1S/C25H26N2O3/c1-2-13-29-23-8-4-3-6-21(23)17-27-12-14-30-24-10-9-19(15-22(24)18-27)25(28)20-7-5-11-26-16-20/h2-11,15-16,25,28H,1,12-14,17-18H2/t25-/m0/s1. The second kappa shape index (κ2) is 9.57. The van der Waals surface area contributed by atoms with Gasteiger partial charge in [-0.15, -0.1) is 0 Å². The largest absolute Gasteiger partial charge is 0.492 e. The molecule has 4 rings (SSSR count). The number of hydrogen-bond donors (Lipinski definition) is 1. The molecule has 0 spiro atoms. The fraction of sp³-hybridized carbons (Fsp3) is 0.240. The molecule has 1 aliphatic heterocycles. The molecule has 1 N–H and O–H groups in total. The number of benzene rings is 2. The second-order valence-electron chi connectivity index (χ2n) is 7.32. The summed E-state index contributed by atoms with van der Waals surface area (Å²) in [5, 5.41) is 10.8. The van der Waals surface area contributed by atoms with Gasteiger partial charge in [-0.25, -0.2) is 0 Å². The maximum atomic E-state index is 10.8. The summed E-state index contributed by atoms with van der Waals surface area (Å²) < 4.78 is 11.8. The number of nitrogens with zero attached hydrogens (tertiary/aromatic N) is 2. The minimum atomic E-state index is -0.714. The van der Waals surface area contributed by atoms with Crippen LogP contribution in [-0.2, 0) is 13.1 Å². The molecule has 154 valence electrons. The fourth-order valence-corrected chi connectivity index (χ4v) is 3.67. The van der Waals surface area contributed by atoms with Crippen molar-refractivity contribution in [2.45, 2.75) is 19.2 Å². The van der Waals surface area contributed by atoms with Gasteiger partial charge in [0.2, 0.25) is 0 Å². The van der Waals surface area contributed by atoms with E-state index in [1.165, 1.54) is 0 Å². The minimum absolute atomic E-state index is 0.485. The van der Waals surface area contributed by atoms with Gasteiger partial charge in [0.05, 0.1) is 0 Å². The quantitative estimate of drug-likeness (QED) is 0.603. The molecule has 30 heavy (non-hydrogen) atoms. The first-order valence-electron chi connectivity index (χ1n) is 10.1. The van der Waals surface area contributed by atoms with E-state index in [2.05, 4.69) is 22.5 Å². The maximum absolute atomic E-state index is 10.8. The van der Waals surface area contributed by atoms with E-state index in [4.69, 9.17) is 9.47 Å². The van der Waals surface area contributed by atoms with E-state index in [0.29, 0.717) is 13.2 Å². The molecular weight excluding hydrogens is 376 g/mol. The van der Waals surface area contributed by atoms with Gasteiger partial charge in [-0.2, -0.15) is 0 Å². The van der Waals surface area contributed by atoms with Crippen molar-refractivity contribution in [3.05, 3.63) is 102 Å². The number of aromatic nitrogens is 1. The summed E-state index contributed by atoms with van der Waals surface area (Å²) in [7, 11) is 0. The van der Waals surface area contributed by atoms with Crippen LogP contribution in [0.2, 0.25) is 0 Å². The number of hydrogen-bond acceptors (Lipinski definition) is 5. The molecule has 0 saturated heterocycles. The summed E-state index contributed by atoms with van der Waals surface area (Å²) in [5.74, 6) is 1.75. The number of aliphatic hydroxyl groups is 1. The van der Waals surface area contributed by atoms with E-state index >= 15 is 0 Å². The Bertz CT molecular complexity index is 991. The molecule has 0 aliphatic carbocycles. The number of para-hydroxylation sites is 1. The van der Waals surface area contributed by atoms with Gasteiger partial charge in [0.1, 0.15) is 30.8 Å². The third kappa shape index (κ3) is 4.70. The Kier molecular flexibility index (Phi) is 6.42. The molecule has 0 fully saturated rings. The summed E-state index contributed by atoms with van der Waals surface area (Å²) in [6.07, 6.45) is 4.44. The van der Waals surface area contributed by atoms with E-state index in [1.807, 2.05) is 48.5 Å². The summed E-state index contributed by atoms with van der Waals surface area (Å²) in [4.78, 5) is 6.45. The summed E-state index contributed by atoms with van der Waals surface area (Å²) in [6.45, 7) is 7.13. The Balaban J connectivity index is 1.54. The van der Waals surface area contributed by atoms with E-state index in [1.54, 1.807) is 18.5 Å². The molecular formula is C25H26N2O3. The van der Waals surface area contributed by atoms with Gasteiger partial charge in [-0.3, -0.25) is 9.88 Å². The maximum Gasteiger partial charge on any atom is 0.124 e. The average molecular weight is 402 g/mol. The van der Waals surface area contributed by atoms with E-state index in [-0.39, 0.29) is 0 Å². The molecule has 2 heterocycles. The predicted octanol–water partition coefficient (Wildman–Crippen LogP) is 4.12. The third-order valence-electron chi connectivity index (χ3n) is 5.18. The lowest BCUT2D eigenvalue weighted by Crippen LogP contribution is -2.25. The Morgan fingerprint density at radius 3 is 2.90 bits per heavy atom. The molecule has 5 heteroatoms. The average Bonchev–Trinajstić information content (AvgIpc) is 2.99. The van der Waals surface area contributed by atoms with Crippen molar-refractivity contribution in [1.29, 1.82) is 0 Å². The first-order chi connectivity index (χ1) is 14.7. The fourth-order valence-electron chi connectivity index (χ4n) is 3.67. The molecule has 0 bridgehead atoms. The topological polar surface area (TPSA) is 54.8 Å². The highest BCUT2D eigenvalue weighted by molar-refractivity contribution is 5.41. The zero-order valence-electron chi connectivity index (χ0n) is 16.9. The molecule has 0 saturated carbocycles. The number of aliphatic hydroxyl groups excluding tert-OH is 1. The van der Waals surface area contributed by atoms with Crippen LogP contribution in [0.1, 0.15) is 28.4 Å². The van der Waals surface area contributed by atoms with Crippen molar-refractivity contribution in [1.82, 2.24) is 9.88 Å². The monoisotopic (exact) mass is 402 g/mol. The van der Waals surface area contributed by atoms with Crippen LogP contribution >= 0.6 is 0 Å². The lowest BCUT2D eigenvalue weighted by atomic mass is 10.00. The van der Waals surface area contributed by atoms with Crippen LogP contribution in [0, 0.1) is 0 Å². The molecule has 1 aromatic heterocycles. The lowest BCUT2D eigenvalue weighted by Gasteiger charge is -2.21. The molecule has 0 radical (unpaired) electrons. The Morgan fingerprint density at radius 1 is 1.17 bits per heavy atom. The van der Waals surface area contributed by atoms with Gasteiger partial charge >= 0.3 is 0 Å². The second-order valence-corrected chi connectivity index (χ2v) is 7.32. The van der Waals surface area contributed by atoms with Gasteiger partial charge < -0.3 is 14.6 Å². The van der Waals surface area contributed by atoms with Crippen molar-refractivity contribution in [2.75, 3.05) is 19.8 Å². The highest BCUT2D eigenvalue weighted by Crippen LogP contribution is 2.30. The highest BCUT2D eigenvalue weighted by atomic mass is 16.5. The minimum Gasteiger partial charge on any atom is -0.492 e. The molecule has 3 aromatic rings. The molecule has 5 nitrogen and oxygen atoms in total. The number of fused-ring (bicyclic) bond motifs is 1. The molecule has 1 atom stereocenters. The summed E-state index contributed by atoms with van der Waals surface area (Å²) in [6, 6.07) is 17.7. The van der Waals surface area contributed by atoms with Crippen molar-refractivity contribution in [3.63, 3.8) is 0 Å². The van der Waals surface area contributed by atoms with Crippen molar-refractivity contribution < 1.29 is 14.6 Å². The van der Waals surface area contributed by atoms with Gasteiger partial charge in [-0.05, 0) is 29.8 Å². The summed E-state index contributed by atoms with van der Waals surface area (Å²) >= 11 is 0. The van der Waals surface area contributed by atoms with Crippen LogP contribution < -0.4 is 9.47 Å². The predicted molar refractivity (Wildman–Crippen MR) is 116 cm³/mol. The van der Waals surface area contributed by atoms with Gasteiger partial charge in [-0.1, -0.05) is 43.0 Å². The number of ether oxygens (including phenoxy) is 2. The zero-order valence-corrected chi connectivity index (χ0v) is 16.9. The first kappa shape index (κ1) is 20.1. The molecule has 0 unspecified atom stereocenters. The van der Waals surface area contributed by atoms with Gasteiger partial charge in [0.15, 0.2) is 0 Å². The van der Waals surface area contributed by atoms with Crippen LogP contribution in [0.3, 0.4) is 0 Å². The van der Waals surface area contributed by atoms with Crippen LogP contribution in [0.25, 0.3) is 0 Å². The van der Waals surface area contributed by atoms with Crippen LogP contribution in [0.15, 0.2) is 79.6 Å².